The maximum atomic E-state index is 11.6. The van der Waals surface area contributed by atoms with Gasteiger partial charge in [-0.2, -0.15) is 0 Å². The predicted molar refractivity (Wildman–Crippen MR) is 72.6 cm³/mol. The first-order chi connectivity index (χ1) is 9.43. The number of aromatic carboxylic acids is 1. The summed E-state index contributed by atoms with van der Waals surface area (Å²) in [6, 6.07) is 4.62. The molecule has 2 N–H and O–H groups in total. The summed E-state index contributed by atoms with van der Waals surface area (Å²) in [5.41, 5.74) is 1.14. The van der Waals surface area contributed by atoms with Crippen molar-refractivity contribution in [3.8, 4) is 0 Å². The van der Waals surface area contributed by atoms with E-state index in [0.29, 0.717) is 11.3 Å². The third-order valence-electron chi connectivity index (χ3n) is 2.61. The number of hydrogen-bond donors (Lipinski definition) is 2. The summed E-state index contributed by atoms with van der Waals surface area (Å²) in [7, 11) is 0. The van der Waals surface area contributed by atoms with Crippen LogP contribution in [0, 0.1) is 6.92 Å². The van der Waals surface area contributed by atoms with Crippen LogP contribution in [0.25, 0.3) is 0 Å². The molecule has 1 rings (SSSR count). The van der Waals surface area contributed by atoms with Gasteiger partial charge >= 0.3 is 11.9 Å². The number of carboxylic acid groups (broad SMARTS) is 1. The van der Waals surface area contributed by atoms with Gasteiger partial charge < -0.3 is 15.2 Å². The van der Waals surface area contributed by atoms with Gasteiger partial charge in [-0.25, -0.2) is 4.79 Å². The van der Waals surface area contributed by atoms with Gasteiger partial charge in [-0.15, -0.1) is 0 Å². The van der Waals surface area contributed by atoms with Crippen molar-refractivity contribution < 1.29 is 24.2 Å². The number of amides is 1. The van der Waals surface area contributed by atoms with Gasteiger partial charge in [-0.1, -0.05) is 6.07 Å². The monoisotopic (exact) mass is 279 g/mol. The van der Waals surface area contributed by atoms with E-state index in [1.54, 1.807) is 26.0 Å². The summed E-state index contributed by atoms with van der Waals surface area (Å²) in [6.45, 7) is 3.65. The molecular weight excluding hydrogens is 262 g/mol. The van der Waals surface area contributed by atoms with E-state index in [4.69, 9.17) is 9.84 Å². The van der Waals surface area contributed by atoms with Crippen LogP contribution in [-0.2, 0) is 14.3 Å². The molecule has 20 heavy (non-hydrogen) atoms. The number of aryl methyl sites for hydroxylation is 1. The molecule has 6 nitrogen and oxygen atoms in total. The first kappa shape index (κ1) is 15.7. The molecule has 108 valence electrons. The van der Waals surface area contributed by atoms with Crippen molar-refractivity contribution in [1.29, 1.82) is 0 Å². The average molecular weight is 279 g/mol. The maximum Gasteiger partial charge on any atom is 0.336 e. The minimum absolute atomic E-state index is 0.00266. The topological polar surface area (TPSA) is 92.7 Å². The zero-order chi connectivity index (χ0) is 15.1. The van der Waals surface area contributed by atoms with Gasteiger partial charge in [0.25, 0.3) is 0 Å². The second-order valence-corrected chi connectivity index (χ2v) is 4.19. The largest absolute Gasteiger partial charge is 0.478 e. The van der Waals surface area contributed by atoms with Crippen LogP contribution in [-0.4, -0.2) is 29.6 Å². The first-order valence-electron chi connectivity index (χ1n) is 6.23. The Balaban J connectivity index is 2.60. The van der Waals surface area contributed by atoms with Crippen LogP contribution in [0.15, 0.2) is 18.2 Å². The van der Waals surface area contributed by atoms with Crippen molar-refractivity contribution in [1.82, 2.24) is 0 Å². The zero-order valence-electron chi connectivity index (χ0n) is 11.4. The van der Waals surface area contributed by atoms with Crippen LogP contribution in [0.5, 0.6) is 0 Å². The highest BCUT2D eigenvalue weighted by atomic mass is 16.5. The Morgan fingerprint density at radius 1 is 1.25 bits per heavy atom. The first-order valence-corrected chi connectivity index (χ1v) is 6.23. The van der Waals surface area contributed by atoms with E-state index in [1.165, 1.54) is 6.07 Å². The lowest BCUT2D eigenvalue weighted by Gasteiger charge is -2.07. The number of hydrogen-bond acceptors (Lipinski definition) is 4. The summed E-state index contributed by atoms with van der Waals surface area (Å²) in [5, 5.41) is 11.5. The lowest BCUT2D eigenvalue weighted by Crippen LogP contribution is -2.15. The number of carbonyl (C=O) groups is 3. The summed E-state index contributed by atoms with van der Waals surface area (Å²) in [4.78, 5) is 33.7. The summed E-state index contributed by atoms with van der Waals surface area (Å²) >= 11 is 0. The van der Waals surface area contributed by atoms with Crippen LogP contribution in [0.2, 0.25) is 0 Å². The van der Waals surface area contributed by atoms with Crippen molar-refractivity contribution in [3.63, 3.8) is 0 Å². The van der Waals surface area contributed by atoms with Crippen LogP contribution in [0.1, 0.15) is 35.7 Å². The van der Waals surface area contributed by atoms with E-state index in [-0.39, 0.29) is 30.9 Å². The fraction of sp³-hybridized carbons (Fsp3) is 0.357. The standard InChI is InChI=1S/C14H17NO5/c1-3-20-13(17)7-6-12(16)15-10-5-4-9(2)11(8-10)14(18)19/h4-5,8H,3,6-7H2,1-2H3,(H,15,16)(H,18,19). The van der Waals surface area contributed by atoms with Gasteiger partial charge in [0.15, 0.2) is 0 Å². The Labute approximate surface area is 116 Å². The third-order valence-corrected chi connectivity index (χ3v) is 2.61. The summed E-state index contributed by atoms with van der Waals surface area (Å²) in [6.07, 6.45) is -0.00750. The summed E-state index contributed by atoms with van der Waals surface area (Å²) < 4.78 is 4.71. The second kappa shape index (κ2) is 7.28. The van der Waals surface area contributed by atoms with Gasteiger partial charge in [-0.3, -0.25) is 9.59 Å². The van der Waals surface area contributed by atoms with Gasteiger partial charge in [-0.05, 0) is 31.5 Å². The normalized spacial score (nSPS) is 9.90. The summed E-state index contributed by atoms with van der Waals surface area (Å²) in [5.74, 6) is -1.85. The van der Waals surface area contributed by atoms with Crippen LogP contribution >= 0.6 is 0 Å². The number of nitrogens with one attached hydrogen (secondary N) is 1. The number of rotatable bonds is 6. The van der Waals surface area contributed by atoms with Crippen molar-refractivity contribution in [2.45, 2.75) is 26.7 Å². The minimum Gasteiger partial charge on any atom is -0.478 e. The smallest absolute Gasteiger partial charge is 0.336 e. The molecule has 0 saturated heterocycles. The maximum absolute atomic E-state index is 11.6. The number of carboxylic acids is 1. The predicted octanol–water partition coefficient (Wildman–Crippen LogP) is 1.98. The van der Waals surface area contributed by atoms with Crippen molar-refractivity contribution in [2.75, 3.05) is 11.9 Å². The van der Waals surface area contributed by atoms with Crippen molar-refractivity contribution in [2.24, 2.45) is 0 Å². The Morgan fingerprint density at radius 2 is 1.95 bits per heavy atom. The lowest BCUT2D eigenvalue weighted by atomic mass is 10.1. The zero-order valence-corrected chi connectivity index (χ0v) is 11.4. The Bertz CT molecular complexity index is 524. The highest BCUT2D eigenvalue weighted by Gasteiger charge is 2.11. The molecule has 0 heterocycles. The van der Waals surface area contributed by atoms with E-state index < -0.39 is 11.9 Å². The Morgan fingerprint density at radius 3 is 2.55 bits per heavy atom. The van der Waals surface area contributed by atoms with E-state index in [9.17, 15) is 14.4 Å². The molecular formula is C14H17NO5. The number of esters is 1. The van der Waals surface area contributed by atoms with Crippen LogP contribution in [0.3, 0.4) is 0 Å². The van der Waals surface area contributed by atoms with Gasteiger partial charge in [0.1, 0.15) is 0 Å². The lowest BCUT2D eigenvalue weighted by molar-refractivity contribution is -0.144. The molecule has 0 aliphatic heterocycles. The van der Waals surface area contributed by atoms with E-state index >= 15 is 0 Å². The fourth-order valence-electron chi connectivity index (χ4n) is 1.60. The molecule has 6 heteroatoms. The quantitative estimate of drug-likeness (QED) is 0.777. The van der Waals surface area contributed by atoms with E-state index in [0.717, 1.165) is 0 Å². The number of ether oxygens (including phenoxy) is 1. The minimum atomic E-state index is -1.05. The van der Waals surface area contributed by atoms with Gasteiger partial charge in [0.2, 0.25) is 5.91 Å². The van der Waals surface area contributed by atoms with Crippen molar-refractivity contribution >= 4 is 23.5 Å². The van der Waals surface area contributed by atoms with E-state index in [1.807, 2.05) is 0 Å². The molecule has 0 aliphatic rings. The molecule has 0 unspecified atom stereocenters. The average Bonchev–Trinajstić information content (AvgIpc) is 2.39. The number of benzene rings is 1. The molecule has 1 aromatic rings. The van der Waals surface area contributed by atoms with Gasteiger partial charge in [0.05, 0.1) is 18.6 Å². The molecule has 0 atom stereocenters. The SMILES string of the molecule is CCOC(=O)CCC(=O)Nc1ccc(C)c(C(=O)O)c1. The van der Waals surface area contributed by atoms with Crippen LogP contribution in [0.4, 0.5) is 5.69 Å². The highest BCUT2D eigenvalue weighted by molar-refractivity contribution is 5.95. The fourth-order valence-corrected chi connectivity index (χ4v) is 1.60. The molecule has 1 amide bonds. The molecule has 0 fully saturated rings. The highest BCUT2D eigenvalue weighted by Crippen LogP contribution is 2.15. The molecule has 0 bridgehead atoms. The van der Waals surface area contributed by atoms with Crippen LogP contribution < -0.4 is 5.32 Å². The van der Waals surface area contributed by atoms with E-state index in [2.05, 4.69) is 5.32 Å². The third kappa shape index (κ3) is 4.72. The Kier molecular flexibility index (Phi) is 5.71. The second-order valence-electron chi connectivity index (χ2n) is 4.19. The molecule has 1 aromatic carbocycles. The molecule has 0 saturated carbocycles. The molecule has 0 aliphatic carbocycles. The molecule has 0 aromatic heterocycles. The Hall–Kier alpha value is -2.37. The molecule has 0 radical (unpaired) electrons. The number of anilines is 1. The molecule has 0 spiro atoms. The number of carbonyl (C=O) groups excluding carboxylic acids is 2. The van der Waals surface area contributed by atoms with Gasteiger partial charge in [0, 0.05) is 12.1 Å². The van der Waals surface area contributed by atoms with Crippen molar-refractivity contribution in [3.05, 3.63) is 29.3 Å².